The highest BCUT2D eigenvalue weighted by Gasteiger charge is 2.36. The van der Waals surface area contributed by atoms with Crippen molar-refractivity contribution in [3.63, 3.8) is 0 Å². The number of alkyl halides is 3. The van der Waals surface area contributed by atoms with Crippen molar-refractivity contribution in [2.45, 2.75) is 89.3 Å². The lowest BCUT2D eigenvalue weighted by Crippen LogP contribution is -2.27. The molecule has 0 aliphatic heterocycles. The van der Waals surface area contributed by atoms with Gasteiger partial charge in [-0.25, -0.2) is 0 Å². The molecule has 0 fully saturated rings. The molecule has 0 aromatic heterocycles. The molecule has 0 spiro atoms. The van der Waals surface area contributed by atoms with Crippen molar-refractivity contribution in [3.8, 4) is 11.1 Å². The Balaban J connectivity index is 1.60. The summed E-state index contributed by atoms with van der Waals surface area (Å²) < 4.78 is 42.8. The van der Waals surface area contributed by atoms with Gasteiger partial charge in [-0.05, 0) is 92.5 Å². The summed E-state index contributed by atoms with van der Waals surface area (Å²) in [6.07, 6.45) is 5.44. The first kappa shape index (κ1) is 40.0. The Labute approximate surface area is 305 Å². The lowest BCUT2D eigenvalue weighted by Gasteiger charge is -2.31. The molecule has 0 radical (unpaired) electrons. The number of carbonyl (C=O) groups is 2. The minimum atomic E-state index is -4.68. The van der Waals surface area contributed by atoms with Crippen molar-refractivity contribution < 1.29 is 22.8 Å². The third-order valence-corrected chi connectivity index (χ3v) is 8.71. The molecule has 0 amide bonds. The normalized spacial score (nSPS) is 16.7. The minimum Gasteiger partial charge on any atom is -0.289 e. The summed E-state index contributed by atoms with van der Waals surface area (Å²) in [7, 11) is 0. The van der Waals surface area contributed by atoms with Gasteiger partial charge in [0.15, 0.2) is 11.6 Å². The number of allylic oxidation sites excluding steroid dienone is 10. The van der Waals surface area contributed by atoms with Gasteiger partial charge < -0.3 is 0 Å². The largest absolute Gasteiger partial charge is 0.418 e. The number of rotatable bonds is 5. The van der Waals surface area contributed by atoms with Gasteiger partial charge in [-0.1, -0.05) is 101 Å². The molecule has 2 aromatic carbocycles. The second kappa shape index (κ2) is 14.3. The maximum absolute atomic E-state index is 14.3. The number of ketones is 2. The maximum Gasteiger partial charge on any atom is 0.418 e. The minimum absolute atomic E-state index is 0.0317. The summed E-state index contributed by atoms with van der Waals surface area (Å²) >= 11 is 0. The van der Waals surface area contributed by atoms with E-state index in [1.54, 1.807) is 48.7 Å². The SMILES string of the molecule is CC(C)(C)C1=CC(=C/N=N/c2ccc(-c3ccc(/N=N/C=C4C=C(C(C)(C)C)C(=O)C(C(C)(C)C)=C4)c(C(F)(F)F)c3)cc2)C=C(C(C)(C)C)C1=O. The van der Waals surface area contributed by atoms with Crippen LogP contribution in [0.15, 0.2) is 133 Å². The summed E-state index contributed by atoms with van der Waals surface area (Å²) in [5.74, 6) is -0.0147. The fourth-order valence-corrected chi connectivity index (χ4v) is 5.75. The Bertz CT molecular complexity index is 1930. The lowest BCUT2D eigenvalue weighted by molar-refractivity contribution is -0.137. The zero-order valence-electron chi connectivity index (χ0n) is 32.2. The number of Topliss-reactive ketones (excluding diaryl/α,β-unsaturated/α-hetero) is 2. The van der Waals surface area contributed by atoms with Gasteiger partial charge in [0.05, 0.1) is 29.3 Å². The van der Waals surface area contributed by atoms with Crippen molar-refractivity contribution in [2.75, 3.05) is 0 Å². The van der Waals surface area contributed by atoms with E-state index >= 15 is 0 Å². The van der Waals surface area contributed by atoms with Crippen molar-refractivity contribution in [1.82, 2.24) is 0 Å². The first-order valence-corrected chi connectivity index (χ1v) is 17.3. The van der Waals surface area contributed by atoms with Gasteiger partial charge in [0.25, 0.3) is 0 Å². The highest BCUT2D eigenvalue weighted by molar-refractivity contribution is 6.12. The van der Waals surface area contributed by atoms with Crippen LogP contribution in [-0.4, -0.2) is 11.6 Å². The van der Waals surface area contributed by atoms with E-state index in [9.17, 15) is 22.8 Å². The Morgan fingerprint density at radius 3 is 1.23 bits per heavy atom. The van der Waals surface area contributed by atoms with Crippen LogP contribution in [0.2, 0.25) is 0 Å². The van der Waals surface area contributed by atoms with E-state index < -0.39 is 22.6 Å². The third-order valence-electron chi connectivity index (χ3n) is 8.71. The number of hydrogen-bond donors (Lipinski definition) is 0. The predicted octanol–water partition coefficient (Wildman–Crippen LogP) is 13.4. The highest BCUT2D eigenvalue weighted by atomic mass is 19.4. The predicted molar refractivity (Wildman–Crippen MR) is 202 cm³/mol. The average Bonchev–Trinajstić information content (AvgIpc) is 3.00. The van der Waals surface area contributed by atoms with Crippen molar-refractivity contribution in [3.05, 3.63) is 118 Å². The molecule has 0 heterocycles. The van der Waals surface area contributed by atoms with Crippen LogP contribution < -0.4 is 0 Å². The van der Waals surface area contributed by atoms with Crippen LogP contribution in [0, 0.1) is 21.7 Å². The van der Waals surface area contributed by atoms with Crippen molar-refractivity contribution in [1.29, 1.82) is 0 Å². The van der Waals surface area contributed by atoms with E-state index in [0.29, 0.717) is 44.7 Å². The van der Waals surface area contributed by atoms with Crippen molar-refractivity contribution in [2.24, 2.45) is 42.1 Å². The molecule has 6 nitrogen and oxygen atoms in total. The van der Waals surface area contributed by atoms with E-state index in [2.05, 4.69) is 20.5 Å². The molecule has 2 aliphatic rings. The Morgan fingerprint density at radius 2 is 0.865 bits per heavy atom. The Kier molecular flexibility index (Phi) is 11.0. The smallest absolute Gasteiger partial charge is 0.289 e. The number of azo groups is 2. The van der Waals surface area contributed by atoms with Gasteiger partial charge >= 0.3 is 6.18 Å². The van der Waals surface area contributed by atoms with E-state index in [-0.39, 0.29) is 28.1 Å². The van der Waals surface area contributed by atoms with Crippen LogP contribution in [0.5, 0.6) is 0 Å². The summed E-state index contributed by atoms with van der Waals surface area (Å²) in [5.41, 5.74) is 2.56. The van der Waals surface area contributed by atoms with Crippen LogP contribution >= 0.6 is 0 Å². The molecule has 0 saturated heterocycles. The van der Waals surface area contributed by atoms with Crippen LogP contribution in [0.3, 0.4) is 0 Å². The van der Waals surface area contributed by atoms with Gasteiger partial charge in [0, 0.05) is 22.3 Å². The second-order valence-corrected chi connectivity index (χ2v) is 17.4. The van der Waals surface area contributed by atoms with E-state index in [0.717, 1.165) is 11.6 Å². The second-order valence-electron chi connectivity index (χ2n) is 17.4. The highest BCUT2D eigenvalue weighted by Crippen LogP contribution is 2.42. The Morgan fingerprint density at radius 1 is 0.500 bits per heavy atom. The van der Waals surface area contributed by atoms with Gasteiger partial charge in [0.1, 0.15) is 0 Å². The number of hydrogen-bond acceptors (Lipinski definition) is 6. The maximum atomic E-state index is 14.3. The number of benzene rings is 2. The third kappa shape index (κ3) is 9.55. The quantitative estimate of drug-likeness (QED) is 0.289. The fourth-order valence-electron chi connectivity index (χ4n) is 5.75. The summed E-state index contributed by atoms with van der Waals surface area (Å²) in [5, 5.41) is 16.5. The molecule has 0 unspecified atom stereocenters. The topological polar surface area (TPSA) is 83.6 Å². The van der Waals surface area contributed by atoms with Crippen LogP contribution in [-0.2, 0) is 15.8 Å². The van der Waals surface area contributed by atoms with Crippen LogP contribution in [0.4, 0.5) is 24.5 Å². The summed E-state index contributed by atoms with van der Waals surface area (Å²) in [6.45, 7) is 23.6. The molecule has 0 saturated carbocycles. The first-order chi connectivity index (χ1) is 23.8. The van der Waals surface area contributed by atoms with Crippen LogP contribution in [0.1, 0.15) is 88.6 Å². The molecule has 274 valence electrons. The molecule has 9 heteroatoms. The van der Waals surface area contributed by atoms with Gasteiger partial charge in [-0.3, -0.25) is 9.59 Å². The van der Waals surface area contributed by atoms with Gasteiger partial charge in [-0.2, -0.15) is 33.6 Å². The van der Waals surface area contributed by atoms with Gasteiger partial charge in [-0.15, -0.1) is 0 Å². The molecule has 2 aromatic rings. The van der Waals surface area contributed by atoms with Crippen molar-refractivity contribution >= 4 is 22.9 Å². The van der Waals surface area contributed by atoms with E-state index in [1.807, 2.05) is 95.2 Å². The molecule has 4 rings (SSSR count). The molecule has 0 N–H and O–H groups in total. The molecular weight excluding hydrogens is 661 g/mol. The molecule has 0 bridgehead atoms. The number of halogens is 3. The van der Waals surface area contributed by atoms with Crippen LogP contribution in [0.25, 0.3) is 11.1 Å². The van der Waals surface area contributed by atoms with E-state index in [4.69, 9.17) is 0 Å². The summed E-state index contributed by atoms with van der Waals surface area (Å²) in [4.78, 5) is 26.4. The van der Waals surface area contributed by atoms with Gasteiger partial charge in [0.2, 0.25) is 0 Å². The summed E-state index contributed by atoms with van der Waals surface area (Å²) in [6, 6.07) is 10.6. The average molecular weight is 711 g/mol. The number of nitrogens with zero attached hydrogens (tertiary/aromatic N) is 4. The zero-order valence-corrected chi connectivity index (χ0v) is 32.2. The fraction of sp³-hybridized carbons (Fsp3) is 0.395. The lowest BCUT2D eigenvalue weighted by atomic mass is 9.72. The molecule has 52 heavy (non-hydrogen) atoms. The standard InChI is InChI=1S/C43H49F3N4O2/c1-39(2,3)32-19-26(20-33(37(32)51)40(4,5)6)24-47-49-30-16-13-28(14-17-30)29-15-18-36(31(23-29)43(44,45)46)50-48-25-27-21-34(41(7,8)9)38(52)35(22-27)42(10,11)12/h13-25H,1-12H3/b49-47+,50-48+. The molecule has 2 aliphatic carbocycles. The molecule has 0 atom stereocenters. The Hall–Kier alpha value is -4.79. The number of carbonyl (C=O) groups excluding carboxylic acids is 2. The van der Waals surface area contributed by atoms with E-state index in [1.165, 1.54) is 12.3 Å². The zero-order chi connectivity index (χ0) is 39.0. The molecular formula is C43H49F3N4O2. The first-order valence-electron chi connectivity index (χ1n) is 17.3. The monoisotopic (exact) mass is 710 g/mol.